The van der Waals surface area contributed by atoms with Gasteiger partial charge in [-0.25, -0.2) is 9.48 Å². The Hall–Kier alpha value is -3.52. The maximum atomic E-state index is 12.6. The molecular weight excluding hydrogens is 420 g/mol. The monoisotopic (exact) mass is 440 g/mol. The molecule has 0 fully saturated rings. The van der Waals surface area contributed by atoms with E-state index in [2.05, 4.69) is 15.4 Å². The maximum absolute atomic E-state index is 12.6. The van der Waals surface area contributed by atoms with Gasteiger partial charge >= 0.3 is 5.97 Å². The molecule has 1 aliphatic rings. The van der Waals surface area contributed by atoms with Crippen molar-refractivity contribution in [3.05, 3.63) is 76.2 Å². The quantitative estimate of drug-likeness (QED) is 0.580. The molecule has 9 heteroatoms. The third-order valence-electron chi connectivity index (χ3n) is 5.01. The molecule has 1 unspecified atom stereocenters. The number of halogens is 1. The molecule has 0 aliphatic carbocycles. The molecule has 1 aliphatic heterocycles. The third kappa shape index (κ3) is 4.06. The van der Waals surface area contributed by atoms with Crippen molar-refractivity contribution in [2.24, 2.45) is 0 Å². The average molecular weight is 441 g/mol. The topological polar surface area (TPSA) is 87.5 Å². The number of rotatable bonds is 6. The number of anilines is 1. The number of nitrogens with one attached hydrogen (secondary N) is 1. The molecule has 4 rings (SSSR count). The minimum Gasteiger partial charge on any atom is -0.493 e. The van der Waals surface area contributed by atoms with Gasteiger partial charge in [-0.05, 0) is 42.3 Å². The zero-order valence-corrected chi connectivity index (χ0v) is 18.0. The fourth-order valence-corrected chi connectivity index (χ4v) is 3.61. The van der Waals surface area contributed by atoms with Crippen LogP contribution < -0.4 is 14.8 Å². The Labute approximate surface area is 184 Å². The molecule has 0 spiro atoms. The predicted molar refractivity (Wildman–Crippen MR) is 115 cm³/mol. The number of hydrogen-bond donors (Lipinski definition) is 1. The van der Waals surface area contributed by atoms with Crippen LogP contribution in [-0.4, -0.2) is 35.0 Å². The van der Waals surface area contributed by atoms with Crippen LogP contribution in [0.25, 0.3) is 0 Å². The summed E-state index contributed by atoms with van der Waals surface area (Å²) >= 11 is 5.94. The highest BCUT2D eigenvalue weighted by Gasteiger charge is 2.34. The van der Waals surface area contributed by atoms with Gasteiger partial charge < -0.3 is 19.5 Å². The molecule has 0 saturated carbocycles. The molecule has 0 amide bonds. The van der Waals surface area contributed by atoms with Crippen LogP contribution >= 0.6 is 11.6 Å². The Morgan fingerprint density at radius 2 is 1.94 bits per heavy atom. The number of allylic oxidation sites excluding steroid dienone is 1. The number of nitrogens with zero attached hydrogens (tertiary/aromatic N) is 3. The van der Waals surface area contributed by atoms with Crippen LogP contribution in [0, 0.1) is 0 Å². The Bertz CT molecular complexity index is 1140. The summed E-state index contributed by atoms with van der Waals surface area (Å²) in [6, 6.07) is 12.4. The number of fused-ring (bicyclic) bond motifs is 1. The number of esters is 1. The summed E-state index contributed by atoms with van der Waals surface area (Å²) in [4.78, 5) is 16.8. The van der Waals surface area contributed by atoms with Crippen LogP contribution in [0.2, 0.25) is 5.02 Å². The Morgan fingerprint density at radius 3 is 2.65 bits per heavy atom. The molecule has 8 nitrogen and oxygen atoms in total. The number of hydrogen-bond acceptors (Lipinski definition) is 7. The van der Waals surface area contributed by atoms with E-state index in [1.165, 1.54) is 13.4 Å². The van der Waals surface area contributed by atoms with E-state index in [-0.39, 0.29) is 0 Å². The molecule has 3 aromatic rings. The van der Waals surface area contributed by atoms with E-state index >= 15 is 0 Å². The number of carbonyl (C=O) groups excluding carboxylic acids is 1. The molecular formula is C22H21ClN4O4. The second kappa shape index (κ2) is 8.69. The van der Waals surface area contributed by atoms with Gasteiger partial charge in [0.05, 0.1) is 19.8 Å². The van der Waals surface area contributed by atoms with Gasteiger partial charge in [-0.2, -0.15) is 10.1 Å². The molecule has 0 radical (unpaired) electrons. The molecule has 160 valence electrons. The van der Waals surface area contributed by atoms with Gasteiger partial charge in [0.25, 0.3) is 0 Å². The van der Waals surface area contributed by atoms with Gasteiger partial charge in [-0.1, -0.05) is 29.8 Å². The van der Waals surface area contributed by atoms with Crippen molar-refractivity contribution in [3.63, 3.8) is 0 Å². The van der Waals surface area contributed by atoms with Crippen molar-refractivity contribution in [2.45, 2.75) is 19.6 Å². The van der Waals surface area contributed by atoms with Crippen LogP contribution in [0.3, 0.4) is 0 Å². The zero-order chi connectivity index (χ0) is 22.0. The molecule has 2 heterocycles. The minimum atomic E-state index is -0.523. The maximum Gasteiger partial charge on any atom is 0.338 e. The molecule has 1 N–H and O–H groups in total. The van der Waals surface area contributed by atoms with Crippen molar-refractivity contribution < 1.29 is 19.0 Å². The molecule has 1 atom stereocenters. The first-order chi connectivity index (χ1) is 15.0. The van der Waals surface area contributed by atoms with Crippen molar-refractivity contribution in [2.75, 3.05) is 19.5 Å². The van der Waals surface area contributed by atoms with Gasteiger partial charge in [-0.3, -0.25) is 0 Å². The van der Waals surface area contributed by atoms with Gasteiger partial charge in [-0.15, -0.1) is 0 Å². The SMILES string of the molecule is COC(=O)C1=C(C)Nc2ncnn2C1c1ccc(OCc2ccc(Cl)cc2)c(OC)c1. The number of benzene rings is 2. The second-order valence-corrected chi connectivity index (χ2v) is 7.35. The van der Waals surface area contributed by atoms with Crippen molar-refractivity contribution in [1.29, 1.82) is 0 Å². The van der Waals surface area contributed by atoms with Crippen LogP contribution in [0.15, 0.2) is 60.1 Å². The second-order valence-electron chi connectivity index (χ2n) is 6.91. The highest BCUT2D eigenvalue weighted by molar-refractivity contribution is 6.30. The Morgan fingerprint density at radius 1 is 1.16 bits per heavy atom. The van der Waals surface area contributed by atoms with Crippen molar-refractivity contribution >= 4 is 23.5 Å². The smallest absolute Gasteiger partial charge is 0.338 e. The van der Waals surface area contributed by atoms with Crippen molar-refractivity contribution in [1.82, 2.24) is 14.8 Å². The predicted octanol–water partition coefficient (Wildman–Crippen LogP) is 3.98. The van der Waals surface area contributed by atoms with Crippen molar-refractivity contribution in [3.8, 4) is 11.5 Å². The lowest BCUT2D eigenvalue weighted by molar-refractivity contribution is -0.136. The van der Waals surface area contributed by atoms with E-state index in [1.807, 2.05) is 42.5 Å². The summed E-state index contributed by atoms with van der Waals surface area (Å²) < 4.78 is 18.2. The van der Waals surface area contributed by atoms with E-state index in [1.54, 1.807) is 18.7 Å². The fraction of sp³-hybridized carbons (Fsp3) is 0.227. The first kappa shape index (κ1) is 20.7. The van der Waals surface area contributed by atoms with Gasteiger partial charge in [0, 0.05) is 10.7 Å². The molecule has 0 bridgehead atoms. The average Bonchev–Trinajstić information content (AvgIpc) is 3.25. The van der Waals surface area contributed by atoms with Crippen LogP contribution in [0.4, 0.5) is 5.95 Å². The van der Waals surface area contributed by atoms with E-state index in [0.717, 1.165) is 11.1 Å². The van der Waals surface area contributed by atoms with Crippen LogP contribution in [0.5, 0.6) is 11.5 Å². The summed E-state index contributed by atoms with van der Waals surface area (Å²) in [5.41, 5.74) is 2.85. The minimum absolute atomic E-state index is 0.361. The van der Waals surface area contributed by atoms with E-state index in [4.69, 9.17) is 25.8 Å². The molecule has 1 aromatic heterocycles. The normalized spacial score (nSPS) is 15.2. The lowest BCUT2D eigenvalue weighted by Gasteiger charge is -2.28. The van der Waals surface area contributed by atoms with E-state index < -0.39 is 12.0 Å². The third-order valence-corrected chi connectivity index (χ3v) is 5.26. The van der Waals surface area contributed by atoms with Gasteiger partial charge in [0.1, 0.15) is 19.0 Å². The Balaban J connectivity index is 1.67. The van der Waals surface area contributed by atoms with E-state index in [9.17, 15) is 4.79 Å². The van der Waals surface area contributed by atoms with Gasteiger partial charge in [0.15, 0.2) is 11.5 Å². The lowest BCUT2D eigenvalue weighted by atomic mass is 9.95. The summed E-state index contributed by atoms with van der Waals surface area (Å²) in [5.74, 6) is 1.21. The number of carbonyl (C=O) groups is 1. The first-order valence-corrected chi connectivity index (χ1v) is 9.90. The van der Waals surface area contributed by atoms with Crippen LogP contribution in [0.1, 0.15) is 24.1 Å². The molecule has 2 aromatic carbocycles. The number of aromatic nitrogens is 3. The summed E-state index contributed by atoms with van der Waals surface area (Å²) in [7, 11) is 2.92. The first-order valence-electron chi connectivity index (χ1n) is 9.52. The molecule has 0 saturated heterocycles. The highest BCUT2D eigenvalue weighted by atomic mass is 35.5. The standard InChI is InChI=1S/C22H21ClN4O4/c1-13-19(21(28)30-3)20(27-22(26-13)24-12-25-27)15-6-9-17(18(10-15)29-2)31-11-14-4-7-16(23)8-5-14/h4-10,12,20H,11H2,1-3H3,(H,24,25,26). The van der Waals surface area contributed by atoms with Crippen LogP contribution in [-0.2, 0) is 16.1 Å². The largest absolute Gasteiger partial charge is 0.493 e. The summed E-state index contributed by atoms with van der Waals surface area (Å²) in [5, 5.41) is 8.06. The number of ether oxygens (including phenoxy) is 3. The van der Waals surface area contributed by atoms with Gasteiger partial charge in [0.2, 0.25) is 5.95 Å². The summed E-state index contributed by atoms with van der Waals surface area (Å²) in [6.45, 7) is 2.16. The van der Waals surface area contributed by atoms with E-state index in [0.29, 0.717) is 40.3 Å². The zero-order valence-electron chi connectivity index (χ0n) is 17.3. The molecule has 31 heavy (non-hydrogen) atoms. The Kier molecular flexibility index (Phi) is 5.81. The fourth-order valence-electron chi connectivity index (χ4n) is 3.49. The highest BCUT2D eigenvalue weighted by Crippen LogP contribution is 2.39. The lowest BCUT2D eigenvalue weighted by Crippen LogP contribution is -2.29. The summed E-state index contributed by atoms with van der Waals surface area (Å²) in [6.07, 6.45) is 1.43. The number of methoxy groups -OCH3 is 2.